The fraction of sp³-hybridized carbons (Fsp3) is 0.312. The number of anilines is 1. The van der Waals surface area contributed by atoms with Crippen LogP contribution in [0.3, 0.4) is 0 Å². The molecule has 24 heavy (non-hydrogen) atoms. The second kappa shape index (κ2) is 7.27. The number of thioether (sulfide) groups is 1. The van der Waals surface area contributed by atoms with E-state index in [1.54, 1.807) is 26.8 Å². The molecule has 0 aliphatic heterocycles. The lowest BCUT2D eigenvalue weighted by molar-refractivity contribution is -0.115. The Balaban J connectivity index is 2.17. The highest BCUT2D eigenvalue weighted by atomic mass is 32.2. The van der Waals surface area contributed by atoms with E-state index in [-0.39, 0.29) is 17.3 Å². The number of nitriles is 1. The normalized spacial score (nSPS) is 11.6. The molecule has 0 aromatic carbocycles. The maximum Gasteiger partial charge on any atom is 0.238 e. The van der Waals surface area contributed by atoms with E-state index in [0.29, 0.717) is 27.9 Å². The monoisotopic (exact) mass is 344 g/mol. The minimum Gasteiger partial charge on any atom is -0.360 e. The van der Waals surface area contributed by atoms with E-state index < -0.39 is 5.25 Å². The van der Waals surface area contributed by atoms with Gasteiger partial charge in [0.1, 0.15) is 16.9 Å². The van der Waals surface area contributed by atoms with Crippen molar-refractivity contribution in [3.63, 3.8) is 0 Å². The molecule has 7 nitrogen and oxygen atoms in total. The third-order valence-electron chi connectivity index (χ3n) is 3.21. The number of carbonyl (C=O) groups is 2. The summed E-state index contributed by atoms with van der Waals surface area (Å²) in [6.45, 7) is 6.55. The van der Waals surface area contributed by atoms with Gasteiger partial charge in [0, 0.05) is 17.3 Å². The van der Waals surface area contributed by atoms with Crippen LogP contribution in [0.4, 0.5) is 5.82 Å². The highest BCUT2D eigenvalue weighted by Gasteiger charge is 2.20. The summed E-state index contributed by atoms with van der Waals surface area (Å²) in [6, 6.07) is 5.14. The molecule has 0 saturated carbocycles. The number of aromatic nitrogens is 2. The largest absolute Gasteiger partial charge is 0.360 e. The Morgan fingerprint density at radius 3 is 2.62 bits per heavy atom. The molecule has 2 aromatic heterocycles. The predicted octanol–water partition coefficient (Wildman–Crippen LogP) is 2.88. The molecule has 1 unspecified atom stereocenters. The van der Waals surface area contributed by atoms with Crippen molar-refractivity contribution in [2.45, 2.75) is 38.0 Å². The van der Waals surface area contributed by atoms with Gasteiger partial charge in [0.2, 0.25) is 5.91 Å². The van der Waals surface area contributed by atoms with Gasteiger partial charge in [-0.2, -0.15) is 5.26 Å². The van der Waals surface area contributed by atoms with Gasteiger partial charge in [-0.3, -0.25) is 9.59 Å². The van der Waals surface area contributed by atoms with Crippen molar-refractivity contribution in [3.05, 3.63) is 34.7 Å². The van der Waals surface area contributed by atoms with E-state index in [0.717, 1.165) is 11.8 Å². The second-order valence-corrected chi connectivity index (χ2v) is 6.54. The van der Waals surface area contributed by atoms with Crippen LogP contribution >= 0.6 is 11.8 Å². The first-order valence-corrected chi connectivity index (χ1v) is 8.03. The number of nitrogens with zero attached hydrogens (tertiary/aromatic N) is 3. The van der Waals surface area contributed by atoms with Gasteiger partial charge in [-0.25, -0.2) is 4.98 Å². The number of nitrogens with one attached hydrogen (secondary N) is 1. The van der Waals surface area contributed by atoms with Gasteiger partial charge >= 0.3 is 0 Å². The quantitative estimate of drug-likeness (QED) is 0.656. The Bertz CT molecular complexity index is 838. The van der Waals surface area contributed by atoms with Gasteiger partial charge in [-0.15, -0.1) is 0 Å². The van der Waals surface area contributed by atoms with Gasteiger partial charge in [0.05, 0.1) is 10.8 Å². The Morgan fingerprint density at radius 1 is 1.38 bits per heavy atom. The maximum absolute atomic E-state index is 12.2. The number of hydrogen-bond acceptors (Lipinski definition) is 7. The van der Waals surface area contributed by atoms with Crippen molar-refractivity contribution in [3.8, 4) is 6.07 Å². The van der Waals surface area contributed by atoms with E-state index >= 15 is 0 Å². The average molecular weight is 344 g/mol. The lowest BCUT2D eigenvalue weighted by Crippen LogP contribution is -2.23. The standard InChI is InChI=1S/C16H16N4O3S/c1-8-5-14(20-23-8)19-15(22)11(4)24-16-12(7-17)6-13(10(3)21)9(2)18-16/h5-6,11H,1-4H3,(H,19,20,22). The summed E-state index contributed by atoms with van der Waals surface area (Å²) in [6.07, 6.45) is 0. The summed E-state index contributed by atoms with van der Waals surface area (Å²) >= 11 is 1.15. The van der Waals surface area contributed by atoms with Crippen molar-refractivity contribution in [1.82, 2.24) is 10.1 Å². The lowest BCUT2D eigenvalue weighted by atomic mass is 10.1. The predicted molar refractivity (Wildman–Crippen MR) is 88.9 cm³/mol. The van der Waals surface area contributed by atoms with Gasteiger partial charge in [0.15, 0.2) is 11.6 Å². The van der Waals surface area contributed by atoms with Crippen LogP contribution in [0.5, 0.6) is 0 Å². The molecule has 0 radical (unpaired) electrons. The zero-order valence-electron chi connectivity index (χ0n) is 13.7. The highest BCUT2D eigenvalue weighted by molar-refractivity contribution is 8.00. The molecule has 2 aromatic rings. The molecule has 1 atom stereocenters. The van der Waals surface area contributed by atoms with Gasteiger partial charge < -0.3 is 9.84 Å². The molecule has 0 saturated heterocycles. The number of hydrogen-bond donors (Lipinski definition) is 1. The Morgan fingerprint density at radius 2 is 2.08 bits per heavy atom. The SMILES string of the molecule is CC(=O)c1cc(C#N)c(SC(C)C(=O)Nc2cc(C)on2)nc1C. The topological polar surface area (TPSA) is 109 Å². The fourth-order valence-corrected chi connectivity index (χ4v) is 2.91. The van der Waals surface area contributed by atoms with E-state index in [9.17, 15) is 14.9 Å². The molecule has 124 valence electrons. The molecule has 1 N–H and O–H groups in total. The first-order chi connectivity index (χ1) is 11.3. The Kier molecular flexibility index (Phi) is 5.36. The fourth-order valence-electron chi connectivity index (χ4n) is 1.98. The minimum absolute atomic E-state index is 0.153. The van der Waals surface area contributed by atoms with Crippen LogP contribution in [0.25, 0.3) is 0 Å². The molecule has 0 spiro atoms. The maximum atomic E-state index is 12.2. The van der Waals surface area contributed by atoms with Crippen LogP contribution in [0, 0.1) is 25.2 Å². The number of aryl methyl sites for hydroxylation is 2. The molecule has 0 aliphatic carbocycles. The number of carbonyl (C=O) groups excluding carboxylic acids is 2. The molecule has 8 heteroatoms. The van der Waals surface area contributed by atoms with Crippen molar-refractivity contribution in [2.75, 3.05) is 5.32 Å². The molecular formula is C16H16N4O3S. The summed E-state index contributed by atoms with van der Waals surface area (Å²) in [5.74, 6) is 0.489. The second-order valence-electron chi connectivity index (χ2n) is 5.21. The van der Waals surface area contributed by atoms with Crippen molar-refractivity contribution >= 4 is 29.3 Å². The summed E-state index contributed by atoms with van der Waals surface area (Å²) in [5.41, 5.74) is 1.21. The lowest BCUT2D eigenvalue weighted by Gasteiger charge is -2.12. The highest BCUT2D eigenvalue weighted by Crippen LogP contribution is 2.27. The first kappa shape index (κ1) is 17.7. The number of rotatable bonds is 5. The van der Waals surface area contributed by atoms with E-state index in [2.05, 4.69) is 15.5 Å². The number of pyridine rings is 1. The van der Waals surface area contributed by atoms with Crippen LogP contribution in [0.15, 0.2) is 21.7 Å². The third-order valence-corrected chi connectivity index (χ3v) is 4.32. The zero-order chi connectivity index (χ0) is 17.9. The zero-order valence-corrected chi connectivity index (χ0v) is 14.5. The molecule has 1 amide bonds. The summed E-state index contributed by atoms with van der Waals surface area (Å²) in [7, 11) is 0. The summed E-state index contributed by atoms with van der Waals surface area (Å²) < 4.78 is 4.89. The third kappa shape index (κ3) is 4.00. The number of ketones is 1. The van der Waals surface area contributed by atoms with Gasteiger partial charge in [-0.1, -0.05) is 16.9 Å². The number of Topliss-reactive ketones (excluding diaryl/α,β-unsaturated/α-hetero) is 1. The molecular weight excluding hydrogens is 328 g/mol. The van der Waals surface area contributed by atoms with Crippen LogP contribution < -0.4 is 5.32 Å². The summed E-state index contributed by atoms with van der Waals surface area (Å²) in [5, 5.41) is 15.5. The van der Waals surface area contributed by atoms with Crippen molar-refractivity contribution in [2.24, 2.45) is 0 Å². The molecule has 0 aliphatic rings. The Labute approximate surface area is 143 Å². The van der Waals surface area contributed by atoms with Crippen LogP contribution in [0.2, 0.25) is 0 Å². The van der Waals surface area contributed by atoms with Crippen molar-refractivity contribution < 1.29 is 14.1 Å². The molecule has 2 rings (SSSR count). The molecule has 0 fully saturated rings. The van der Waals surface area contributed by atoms with Gasteiger partial charge in [0.25, 0.3) is 0 Å². The first-order valence-electron chi connectivity index (χ1n) is 7.15. The van der Waals surface area contributed by atoms with E-state index in [1.807, 2.05) is 6.07 Å². The Hall–Kier alpha value is -2.66. The molecule has 2 heterocycles. The van der Waals surface area contributed by atoms with Crippen molar-refractivity contribution in [1.29, 1.82) is 5.26 Å². The summed E-state index contributed by atoms with van der Waals surface area (Å²) in [4.78, 5) is 28.1. The van der Waals surface area contributed by atoms with Gasteiger partial charge in [-0.05, 0) is 33.8 Å². The van der Waals surface area contributed by atoms with Crippen LogP contribution in [-0.2, 0) is 4.79 Å². The van der Waals surface area contributed by atoms with E-state index in [4.69, 9.17) is 4.52 Å². The average Bonchev–Trinajstić information content (AvgIpc) is 2.92. The van der Waals surface area contributed by atoms with Crippen LogP contribution in [0.1, 0.15) is 41.2 Å². The molecule has 0 bridgehead atoms. The number of amides is 1. The minimum atomic E-state index is -0.510. The smallest absolute Gasteiger partial charge is 0.238 e. The van der Waals surface area contributed by atoms with E-state index in [1.165, 1.54) is 13.0 Å². The van der Waals surface area contributed by atoms with Crippen LogP contribution in [-0.4, -0.2) is 27.1 Å².